The number of rotatable bonds is 3. The van der Waals surface area contributed by atoms with Gasteiger partial charge in [-0.2, -0.15) is 5.10 Å². The van der Waals surface area contributed by atoms with E-state index in [9.17, 15) is 0 Å². The van der Waals surface area contributed by atoms with Gasteiger partial charge in [0.1, 0.15) is 11.5 Å². The van der Waals surface area contributed by atoms with Crippen molar-refractivity contribution in [2.45, 2.75) is 6.92 Å². The molecule has 3 aromatic rings. The lowest BCUT2D eigenvalue weighted by Gasteiger charge is -1.98. The monoisotopic (exact) mass is 243 g/mol. The van der Waals surface area contributed by atoms with E-state index >= 15 is 0 Å². The average molecular weight is 243 g/mol. The largest absolute Gasteiger partial charge is 0.463 e. The summed E-state index contributed by atoms with van der Waals surface area (Å²) in [4.78, 5) is 0. The summed E-state index contributed by atoms with van der Waals surface area (Å²) in [5.74, 6) is 1.35. The summed E-state index contributed by atoms with van der Waals surface area (Å²) in [5, 5.41) is 15.2. The molecule has 3 heterocycles. The second kappa shape index (κ2) is 4.28. The molecule has 0 atom stereocenters. The molecule has 3 rings (SSSR count). The number of nitrogens with zero attached hydrogens (tertiary/aromatic N) is 4. The van der Waals surface area contributed by atoms with Crippen molar-refractivity contribution in [1.82, 2.24) is 15.3 Å². The molecular weight excluding hydrogens is 232 g/mol. The molecule has 0 bridgehead atoms. The van der Waals surface area contributed by atoms with Gasteiger partial charge in [0.2, 0.25) is 6.33 Å². The molecule has 0 saturated carbocycles. The molecule has 0 fully saturated rings. The molecule has 0 aliphatic rings. The van der Waals surface area contributed by atoms with Gasteiger partial charge in [-0.25, -0.2) is 0 Å². The van der Waals surface area contributed by atoms with Gasteiger partial charge >= 0.3 is 5.65 Å². The first-order valence-corrected chi connectivity index (χ1v) is 5.39. The minimum absolute atomic E-state index is 0.625. The van der Waals surface area contributed by atoms with Crippen molar-refractivity contribution in [1.29, 1.82) is 0 Å². The molecule has 0 aliphatic carbocycles. The first-order chi connectivity index (χ1) is 8.83. The van der Waals surface area contributed by atoms with Crippen molar-refractivity contribution in [3.05, 3.63) is 42.6 Å². The summed E-state index contributed by atoms with van der Waals surface area (Å²) in [7, 11) is 0. The standard InChI is InChI=1S/C11H10N6O/c1-8(9-3-2-6-18-9)13-14-10-4-5-11-15-12-7-17(11)16-10/h2-7H,1H3,(H,14,16)/p+1. The number of anilines is 1. The zero-order chi connectivity index (χ0) is 12.4. The summed E-state index contributed by atoms with van der Waals surface area (Å²) in [5.41, 5.74) is 4.36. The number of nitrogens with one attached hydrogen (secondary N) is 2. The lowest BCUT2D eigenvalue weighted by Crippen LogP contribution is -2.24. The third kappa shape index (κ3) is 1.93. The first kappa shape index (κ1) is 10.5. The molecule has 0 amide bonds. The highest BCUT2D eigenvalue weighted by Crippen LogP contribution is 2.04. The van der Waals surface area contributed by atoms with Crippen LogP contribution in [0.2, 0.25) is 0 Å². The molecule has 7 nitrogen and oxygen atoms in total. The number of aromatic amines is 1. The lowest BCUT2D eigenvalue weighted by atomic mass is 10.3. The van der Waals surface area contributed by atoms with Crippen molar-refractivity contribution in [3.8, 4) is 0 Å². The van der Waals surface area contributed by atoms with Crippen LogP contribution in [0.4, 0.5) is 5.82 Å². The van der Waals surface area contributed by atoms with Gasteiger partial charge in [0.15, 0.2) is 5.82 Å². The predicted octanol–water partition coefficient (Wildman–Crippen LogP) is 0.972. The second-order valence-corrected chi connectivity index (χ2v) is 3.68. The molecule has 0 saturated heterocycles. The molecule has 0 unspecified atom stereocenters. The fourth-order valence-corrected chi connectivity index (χ4v) is 1.50. The summed E-state index contributed by atoms with van der Waals surface area (Å²) < 4.78 is 6.86. The Balaban J connectivity index is 1.82. The highest BCUT2D eigenvalue weighted by molar-refractivity contribution is 5.96. The van der Waals surface area contributed by atoms with Gasteiger partial charge in [0.25, 0.3) is 0 Å². The number of H-pyrrole nitrogens is 1. The highest BCUT2D eigenvalue weighted by atomic mass is 16.3. The third-order valence-corrected chi connectivity index (χ3v) is 2.42. The van der Waals surface area contributed by atoms with Crippen LogP contribution in [-0.2, 0) is 0 Å². The predicted molar refractivity (Wildman–Crippen MR) is 64.1 cm³/mol. The Morgan fingerprint density at radius 2 is 2.39 bits per heavy atom. The number of hydrogen-bond acceptors (Lipinski definition) is 5. The lowest BCUT2D eigenvalue weighted by molar-refractivity contribution is -0.579. The van der Waals surface area contributed by atoms with Crippen LogP contribution in [0.25, 0.3) is 5.65 Å². The van der Waals surface area contributed by atoms with Crippen LogP contribution in [0.5, 0.6) is 0 Å². The van der Waals surface area contributed by atoms with Gasteiger partial charge in [-0.1, -0.05) is 5.10 Å². The average Bonchev–Trinajstić information content (AvgIpc) is 3.05. The van der Waals surface area contributed by atoms with E-state index in [0.717, 1.165) is 17.1 Å². The number of furan rings is 1. The van der Waals surface area contributed by atoms with Gasteiger partial charge in [0, 0.05) is 11.2 Å². The van der Waals surface area contributed by atoms with E-state index < -0.39 is 0 Å². The number of hydrazone groups is 1. The molecule has 2 N–H and O–H groups in total. The second-order valence-electron chi connectivity index (χ2n) is 3.68. The van der Waals surface area contributed by atoms with Gasteiger partial charge in [0.05, 0.1) is 6.26 Å². The highest BCUT2D eigenvalue weighted by Gasteiger charge is 2.05. The van der Waals surface area contributed by atoms with E-state index in [0.29, 0.717) is 5.82 Å². The van der Waals surface area contributed by atoms with Crippen molar-refractivity contribution in [2.24, 2.45) is 5.10 Å². The normalized spacial score (nSPS) is 11.9. The van der Waals surface area contributed by atoms with Gasteiger partial charge < -0.3 is 4.42 Å². The minimum atomic E-state index is 0.625. The smallest absolute Gasteiger partial charge is 0.325 e. The van der Waals surface area contributed by atoms with Crippen LogP contribution in [0.1, 0.15) is 12.7 Å². The summed E-state index contributed by atoms with van der Waals surface area (Å²) in [6, 6.07) is 7.31. The van der Waals surface area contributed by atoms with Crippen LogP contribution in [0, 0.1) is 0 Å². The van der Waals surface area contributed by atoms with Crippen LogP contribution < -0.4 is 9.94 Å². The summed E-state index contributed by atoms with van der Waals surface area (Å²) >= 11 is 0. The van der Waals surface area contributed by atoms with Crippen LogP contribution in [-0.4, -0.2) is 21.0 Å². The number of hydrogen-bond donors (Lipinski definition) is 2. The van der Waals surface area contributed by atoms with Crippen LogP contribution in [0.15, 0.2) is 46.4 Å². The zero-order valence-electron chi connectivity index (χ0n) is 9.66. The van der Waals surface area contributed by atoms with E-state index in [-0.39, 0.29) is 0 Å². The van der Waals surface area contributed by atoms with E-state index in [1.807, 2.05) is 25.1 Å². The summed E-state index contributed by atoms with van der Waals surface area (Å²) in [6.07, 6.45) is 3.27. The third-order valence-electron chi connectivity index (χ3n) is 2.42. The molecule has 90 valence electrons. The van der Waals surface area contributed by atoms with Gasteiger partial charge in [-0.05, 0) is 25.1 Å². The van der Waals surface area contributed by atoms with E-state index in [4.69, 9.17) is 4.42 Å². The summed E-state index contributed by atoms with van der Waals surface area (Å²) in [6.45, 7) is 1.86. The molecule has 0 aromatic carbocycles. The SMILES string of the molecule is CC(=NNc1ccc2n[nH]c[n+]2n1)c1ccco1. The Morgan fingerprint density at radius 1 is 1.44 bits per heavy atom. The fraction of sp³-hybridized carbons (Fsp3) is 0.0909. The van der Waals surface area contributed by atoms with Gasteiger partial charge in [-0.3, -0.25) is 5.43 Å². The van der Waals surface area contributed by atoms with E-state index in [2.05, 4.69) is 25.8 Å². The van der Waals surface area contributed by atoms with Crippen LogP contribution >= 0.6 is 0 Å². The topological polar surface area (TPSA) is 83.2 Å². The Kier molecular flexibility index (Phi) is 2.49. The number of fused-ring (bicyclic) bond motifs is 1. The Bertz CT molecular complexity index is 684. The zero-order valence-corrected chi connectivity index (χ0v) is 9.66. The maximum absolute atomic E-state index is 5.23. The van der Waals surface area contributed by atoms with E-state index in [1.54, 1.807) is 23.2 Å². The Morgan fingerprint density at radius 3 is 3.22 bits per heavy atom. The molecule has 3 aromatic heterocycles. The first-order valence-electron chi connectivity index (χ1n) is 5.39. The molecule has 0 aliphatic heterocycles. The van der Waals surface area contributed by atoms with Crippen molar-refractivity contribution >= 4 is 17.2 Å². The quantitative estimate of drug-likeness (QED) is 0.408. The molecule has 0 radical (unpaired) electrons. The van der Waals surface area contributed by atoms with Crippen molar-refractivity contribution in [2.75, 3.05) is 5.43 Å². The molecule has 18 heavy (non-hydrogen) atoms. The Hall–Kier alpha value is -2.70. The number of aromatic nitrogens is 4. The van der Waals surface area contributed by atoms with Crippen molar-refractivity contribution < 1.29 is 8.93 Å². The fourth-order valence-electron chi connectivity index (χ4n) is 1.50. The maximum Gasteiger partial charge on any atom is 0.325 e. The van der Waals surface area contributed by atoms with E-state index in [1.165, 1.54) is 0 Å². The molecular formula is C11H11N6O+. The van der Waals surface area contributed by atoms with Gasteiger partial charge in [-0.15, -0.1) is 9.61 Å². The molecule has 0 spiro atoms. The van der Waals surface area contributed by atoms with Crippen molar-refractivity contribution in [3.63, 3.8) is 0 Å². The van der Waals surface area contributed by atoms with Crippen LogP contribution in [0.3, 0.4) is 0 Å². The Labute approximate surface area is 102 Å². The minimum Gasteiger partial charge on any atom is -0.463 e. The molecule has 7 heteroatoms. The maximum atomic E-state index is 5.23.